The van der Waals surface area contributed by atoms with Crippen molar-refractivity contribution in [3.05, 3.63) is 35.4 Å². The number of benzene rings is 1. The van der Waals surface area contributed by atoms with Crippen LogP contribution in [0.25, 0.3) is 0 Å². The van der Waals surface area contributed by atoms with Crippen molar-refractivity contribution in [1.29, 1.82) is 0 Å². The number of halogens is 2. The van der Waals surface area contributed by atoms with Crippen LogP contribution in [0.2, 0.25) is 0 Å². The van der Waals surface area contributed by atoms with Crippen LogP contribution < -0.4 is 5.32 Å². The topological polar surface area (TPSA) is 32.3 Å². The summed E-state index contributed by atoms with van der Waals surface area (Å²) in [5.41, 5.74) is 0.181. The minimum Gasteiger partial charge on any atom is -0.338 e. The minimum atomic E-state index is -0.517. The lowest BCUT2D eigenvalue weighted by atomic mass is 10.1. The van der Waals surface area contributed by atoms with Crippen molar-refractivity contribution in [3.8, 4) is 0 Å². The highest BCUT2D eigenvalue weighted by Gasteiger charge is 2.20. The largest absolute Gasteiger partial charge is 0.338 e. The smallest absolute Gasteiger partial charge is 0.236 e. The van der Waals surface area contributed by atoms with Gasteiger partial charge in [0.1, 0.15) is 11.6 Å². The molecule has 3 nitrogen and oxygen atoms in total. The molecule has 0 spiro atoms. The minimum absolute atomic E-state index is 0.162. The zero-order chi connectivity index (χ0) is 14.6. The van der Waals surface area contributed by atoms with Crippen LogP contribution in [0.3, 0.4) is 0 Å². The van der Waals surface area contributed by atoms with Crippen LogP contribution in [0.15, 0.2) is 18.2 Å². The lowest BCUT2D eigenvalue weighted by Crippen LogP contribution is -2.39. The predicted molar refractivity (Wildman–Crippen MR) is 70.7 cm³/mol. The van der Waals surface area contributed by atoms with E-state index >= 15 is 0 Å². The summed E-state index contributed by atoms with van der Waals surface area (Å²) < 4.78 is 26.8. The van der Waals surface area contributed by atoms with Crippen molar-refractivity contribution in [2.75, 3.05) is 13.6 Å². The molecule has 1 amide bonds. The zero-order valence-electron chi connectivity index (χ0n) is 11.7. The van der Waals surface area contributed by atoms with Gasteiger partial charge in [0.2, 0.25) is 5.91 Å². The van der Waals surface area contributed by atoms with E-state index in [2.05, 4.69) is 5.32 Å². The van der Waals surface area contributed by atoms with Gasteiger partial charge in [0.25, 0.3) is 0 Å². The molecule has 106 valence electrons. The van der Waals surface area contributed by atoms with Gasteiger partial charge in [-0.05, 0) is 25.1 Å². The SMILES string of the molecule is CC(C)NCC(=O)N(C)C(C)c1cc(F)ccc1F. The summed E-state index contributed by atoms with van der Waals surface area (Å²) in [6.07, 6.45) is 0. The molecule has 1 aromatic carbocycles. The molecule has 1 rings (SSSR count). The molecular formula is C14H20F2N2O. The van der Waals surface area contributed by atoms with Gasteiger partial charge in [-0.2, -0.15) is 0 Å². The molecule has 0 aliphatic heterocycles. The molecule has 0 saturated carbocycles. The summed E-state index contributed by atoms with van der Waals surface area (Å²) in [5.74, 6) is -1.18. The number of likely N-dealkylation sites (N-methyl/N-ethyl adjacent to an activating group) is 1. The van der Waals surface area contributed by atoms with Crippen LogP contribution in [0.4, 0.5) is 8.78 Å². The first-order valence-corrected chi connectivity index (χ1v) is 6.27. The van der Waals surface area contributed by atoms with Gasteiger partial charge < -0.3 is 10.2 Å². The van der Waals surface area contributed by atoms with Crippen LogP contribution in [-0.4, -0.2) is 30.4 Å². The fraction of sp³-hybridized carbons (Fsp3) is 0.500. The Morgan fingerprint density at radius 3 is 2.53 bits per heavy atom. The molecule has 0 saturated heterocycles. The van der Waals surface area contributed by atoms with Crippen molar-refractivity contribution < 1.29 is 13.6 Å². The quantitative estimate of drug-likeness (QED) is 0.891. The van der Waals surface area contributed by atoms with Crippen LogP contribution in [0.5, 0.6) is 0 Å². The van der Waals surface area contributed by atoms with Gasteiger partial charge in [-0.15, -0.1) is 0 Å². The molecule has 0 heterocycles. The van der Waals surface area contributed by atoms with Crippen LogP contribution >= 0.6 is 0 Å². The van der Waals surface area contributed by atoms with Gasteiger partial charge >= 0.3 is 0 Å². The first-order valence-electron chi connectivity index (χ1n) is 6.27. The number of nitrogens with one attached hydrogen (secondary N) is 1. The number of rotatable bonds is 5. The highest BCUT2D eigenvalue weighted by molar-refractivity contribution is 5.78. The Hall–Kier alpha value is -1.49. The molecule has 1 aromatic rings. The first-order chi connectivity index (χ1) is 8.82. The maximum Gasteiger partial charge on any atom is 0.236 e. The molecule has 0 aromatic heterocycles. The number of amides is 1. The third-order valence-corrected chi connectivity index (χ3v) is 3.04. The van der Waals surface area contributed by atoms with E-state index in [9.17, 15) is 13.6 Å². The van der Waals surface area contributed by atoms with Crippen LogP contribution in [0, 0.1) is 11.6 Å². The molecule has 1 atom stereocenters. The normalized spacial score (nSPS) is 12.6. The maximum absolute atomic E-state index is 13.6. The van der Waals surface area contributed by atoms with E-state index in [-0.39, 0.29) is 24.1 Å². The molecule has 0 aliphatic rings. The van der Waals surface area contributed by atoms with Crippen molar-refractivity contribution in [3.63, 3.8) is 0 Å². The Morgan fingerprint density at radius 2 is 1.95 bits per heavy atom. The number of hydrogen-bond acceptors (Lipinski definition) is 2. The molecular weight excluding hydrogens is 250 g/mol. The summed E-state index contributed by atoms with van der Waals surface area (Å²) in [5, 5.41) is 3.00. The Balaban J connectivity index is 2.78. The lowest BCUT2D eigenvalue weighted by molar-refractivity contribution is -0.131. The number of carbonyl (C=O) groups excluding carboxylic acids is 1. The standard InChI is InChI=1S/C14H20F2N2O/c1-9(2)17-8-14(19)18(4)10(3)12-7-11(15)5-6-13(12)16/h5-7,9-10,17H,8H2,1-4H3. The number of hydrogen-bond donors (Lipinski definition) is 1. The highest BCUT2D eigenvalue weighted by Crippen LogP contribution is 2.22. The maximum atomic E-state index is 13.6. The van der Waals surface area contributed by atoms with Crippen molar-refractivity contribution in [2.45, 2.75) is 32.9 Å². The predicted octanol–water partition coefficient (Wildman–Crippen LogP) is 2.48. The molecule has 1 unspecified atom stereocenters. The van der Waals surface area contributed by atoms with E-state index in [0.717, 1.165) is 18.2 Å². The van der Waals surface area contributed by atoms with Gasteiger partial charge in [0.15, 0.2) is 0 Å². The third-order valence-electron chi connectivity index (χ3n) is 3.04. The van der Waals surface area contributed by atoms with Crippen LogP contribution in [-0.2, 0) is 4.79 Å². The molecule has 0 bridgehead atoms. The van der Waals surface area contributed by atoms with E-state index in [1.807, 2.05) is 13.8 Å². The summed E-state index contributed by atoms with van der Waals surface area (Å²) >= 11 is 0. The van der Waals surface area contributed by atoms with E-state index < -0.39 is 17.7 Å². The number of carbonyl (C=O) groups is 1. The lowest BCUT2D eigenvalue weighted by Gasteiger charge is -2.26. The molecule has 1 N–H and O–H groups in total. The fourth-order valence-corrected chi connectivity index (χ4v) is 1.68. The second kappa shape index (κ2) is 6.61. The van der Waals surface area contributed by atoms with Gasteiger partial charge in [-0.25, -0.2) is 8.78 Å². The second-order valence-corrected chi connectivity index (χ2v) is 4.88. The summed E-state index contributed by atoms with van der Waals surface area (Å²) in [4.78, 5) is 13.3. The second-order valence-electron chi connectivity index (χ2n) is 4.88. The van der Waals surface area contributed by atoms with Gasteiger partial charge in [-0.1, -0.05) is 13.8 Å². The summed E-state index contributed by atoms with van der Waals surface area (Å²) in [6.45, 7) is 5.71. The van der Waals surface area contributed by atoms with Crippen LogP contribution in [0.1, 0.15) is 32.4 Å². The van der Waals surface area contributed by atoms with Gasteiger partial charge in [0.05, 0.1) is 12.6 Å². The van der Waals surface area contributed by atoms with Gasteiger partial charge in [-0.3, -0.25) is 4.79 Å². The molecule has 0 fully saturated rings. The van der Waals surface area contributed by atoms with Crippen molar-refractivity contribution in [1.82, 2.24) is 10.2 Å². The van der Waals surface area contributed by atoms with E-state index in [1.54, 1.807) is 14.0 Å². The van der Waals surface area contributed by atoms with Crippen molar-refractivity contribution in [2.24, 2.45) is 0 Å². The molecule has 19 heavy (non-hydrogen) atoms. The Kier molecular flexibility index (Phi) is 5.42. The van der Waals surface area contributed by atoms with E-state index in [4.69, 9.17) is 0 Å². The Labute approximate surface area is 112 Å². The molecule has 0 radical (unpaired) electrons. The zero-order valence-corrected chi connectivity index (χ0v) is 11.7. The van der Waals surface area contributed by atoms with E-state index in [0.29, 0.717) is 0 Å². The Morgan fingerprint density at radius 1 is 1.32 bits per heavy atom. The average Bonchev–Trinajstić information content (AvgIpc) is 2.37. The van der Waals surface area contributed by atoms with Gasteiger partial charge in [0, 0.05) is 18.7 Å². The van der Waals surface area contributed by atoms with Crippen molar-refractivity contribution >= 4 is 5.91 Å². The highest BCUT2D eigenvalue weighted by atomic mass is 19.1. The summed E-state index contributed by atoms with van der Waals surface area (Å²) in [7, 11) is 1.58. The summed E-state index contributed by atoms with van der Waals surface area (Å²) in [6, 6.07) is 2.94. The average molecular weight is 270 g/mol. The van der Waals surface area contributed by atoms with E-state index in [1.165, 1.54) is 4.90 Å². The first kappa shape index (κ1) is 15.6. The number of nitrogens with zero attached hydrogens (tertiary/aromatic N) is 1. The molecule has 5 heteroatoms. The third kappa shape index (κ3) is 4.28. The fourth-order valence-electron chi connectivity index (χ4n) is 1.68. The molecule has 0 aliphatic carbocycles. The monoisotopic (exact) mass is 270 g/mol. The Bertz CT molecular complexity index is 449.